The highest BCUT2D eigenvalue weighted by Gasteiger charge is 2.18. The Balaban J connectivity index is 1.37. The van der Waals surface area contributed by atoms with Crippen molar-refractivity contribution in [3.63, 3.8) is 0 Å². The van der Waals surface area contributed by atoms with E-state index < -0.39 is 5.82 Å². The molecule has 4 N–H and O–H groups in total. The van der Waals surface area contributed by atoms with E-state index >= 15 is 0 Å². The Bertz CT molecular complexity index is 1190. The molecule has 0 aliphatic carbocycles. The van der Waals surface area contributed by atoms with E-state index in [0.717, 1.165) is 30.4 Å². The SMILES string of the molecule is Cc1cccc(Nc2nc(Nc3cccc(NC(=O)/C=C/CN4CCC(O)C4)c3)ncc2F)c1. The van der Waals surface area contributed by atoms with Gasteiger partial charge in [0.1, 0.15) is 0 Å². The van der Waals surface area contributed by atoms with Gasteiger partial charge in [0.25, 0.3) is 0 Å². The van der Waals surface area contributed by atoms with E-state index in [0.29, 0.717) is 24.5 Å². The molecule has 0 radical (unpaired) electrons. The van der Waals surface area contributed by atoms with Crippen molar-refractivity contribution >= 4 is 34.7 Å². The van der Waals surface area contributed by atoms with Gasteiger partial charge in [-0.1, -0.05) is 24.3 Å². The molecule has 1 aliphatic heterocycles. The minimum absolute atomic E-state index is 0.0585. The maximum Gasteiger partial charge on any atom is 0.248 e. The minimum atomic E-state index is -0.566. The number of rotatable bonds is 8. The van der Waals surface area contributed by atoms with Crippen molar-refractivity contribution in [1.29, 1.82) is 0 Å². The van der Waals surface area contributed by atoms with E-state index in [-0.39, 0.29) is 23.8 Å². The molecule has 34 heavy (non-hydrogen) atoms. The number of β-amino-alcohol motifs (C(OH)–C–C–N with tert-alkyl or cyclic N) is 1. The van der Waals surface area contributed by atoms with Gasteiger partial charge < -0.3 is 21.1 Å². The minimum Gasteiger partial charge on any atom is -0.392 e. The van der Waals surface area contributed by atoms with Gasteiger partial charge >= 0.3 is 0 Å². The van der Waals surface area contributed by atoms with Crippen LogP contribution in [0.15, 0.2) is 66.9 Å². The topological polar surface area (TPSA) is 102 Å². The summed E-state index contributed by atoms with van der Waals surface area (Å²) >= 11 is 0. The molecule has 1 saturated heterocycles. The summed E-state index contributed by atoms with van der Waals surface area (Å²) in [5.74, 6) is -0.543. The van der Waals surface area contributed by atoms with E-state index in [9.17, 15) is 14.3 Å². The number of aryl methyl sites for hydroxylation is 1. The summed E-state index contributed by atoms with van der Waals surface area (Å²) in [4.78, 5) is 22.6. The van der Waals surface area contributed by atoms with Crippen LogP contribution < -0.4 is 16.0 Å². The number of anilines is 5. The van der Waals surface area contributed by atoms with Crippen LogP contribution in [0.1, 0.15) is 12.0 Å². The molecule has 4 rings (SSSR count). The summed E-state index contributed by atoms with van der Waals surface area (Å²) in [7, 11) is 0. The van der Waals surface area contributed by atoms with Crippen LogP contribution in [0.2, 0.25) is 0 Å². The molecule has 3 aromatic rings. The van der Waals surface area contributed by atoms with Gasteiger partial charge in [0.05, 0.1) is 12.3 Å². The Morgan fingerprint density at radius 3 is 2.71 bits per heavy atom. The van der Waals surface area contributed by atoms with Crippen LogP contribution in [0.5, 0.6) is 0 Å². The summed E-state index contributed by atoms with van der Waals surface area (Å²) < 4.78 is 14.2. The van der Waals surface area contributed by atoms with Crippen molar-refractivity contribution in [1.82, 2.24) is 14.9 Å². The average Bonchev–Trinajstić information content (AvgIpc) is 3.21. The van der Waals surface area contributed by atoms with Crippen molar-refractivity contribution in [3.05, 3.63) is 78.3 Å². The Morgan fingerprint density at radius 2 is 1.94 bits per heavy atom. The normalized spacial score (nSPS) is 16.0. The Morgan fingerprint density at radius 1 is 1.18 bits per heavy atom. The van der Waals surface area contributed by atoms with Crippen LogP contribution in [0.4, 0.5) is 33.2 Å². The molecule has 1 aliphatic rings. The van der Waals surface area contributed by atoms with Gasteiger partial charge in [-0.3, -0.25) is 9.69 Å². The third-order valence-electron chi connectivity index (χ3n) is 5.29. The lowest BCUT2D eigenvalue weighted by molar-refractivity contribution is -0.111. The van der Waals surface area contributed by atoms with Crippen molar-refractivity contribution in [3.8, 4) is 0 Å². The second-order valence-electron chi connectivity index (χ2n) is 8.18. The van der Waals surface area contributed by atoms with Gasteiger partial charge in [-0.2, -0.15) is 4.98 Å². The highest BCUT2D eigenvalue weighted by atomic mass is 19.1. The summed E-state index contributed by atoms with van der Waals surface area (Å²) in [6.45, 7) is 4.03. The fourth-order valence-corrected chi connectivity index (χ4v) is 3.65. The maximum absolute atomic E-state index is 14.2. The van der Waals surface area contributed by atoms with Crippen molar-refractivity contribution in [2.24, 2.45) is 0 Å². The molecule has 9 heteroatoms. The molecule has 1 aromatic heterocycles. The van der Waals surface area contributed by atoms with E-state index in [4.69, 9.17) is 0 Å². The second-order valence-corrected chi connectivity index (χ2v) is 8.18. The fourth-order valence-electron chi connectivity index (χ4n) is 3.65. The molecular formula is C25H27FN6O2. The van der Waals surface area contributed by atoms with Crippen molar-refractivity contribution < 1.29 is 14.3 Å². The number of likely N-dealkylation sites (tertiary alicyclic amines) is 1. The third kappa shape index (κ3) is 6.60. The number of aromatic nitrogens is 2. The van der Waals surface area contributed by atoms with Gasteiger partial charge in [-0.15, -0.1) is 0 Å². The first-order valence-electron chi connectivity index (χ1n) is 11.1. The number of carbonyl (C=O) groups excluding carboxylic acids is 1. The molecule has 1 atom stereocenters. The van der Waals surface area contributed by atoms with Crippen molar-refractivity contribution in [2.75, 3.05) is 35.6 Å². The van der Waals surface area contributed by atoms with Crippen LogP contribution in [0.3, 0.4) is 0 Å². The molecule has 2 heterocycles. The van der Waals surface area contributed by atoms with E-state index in [2.05, 4.69) is 30.8 Å². The lowest BCUT2D eigenvalue weighted by Gasteiger charge is -2.11. The number of halogens is 1. The van der Waals surface area contributed by atoms with E-state index in [1.807, 2.05) is 31.2 Å². The van der Waals surface area contributed by atoms with Crippen LogP contribution in [0, 0.1) is 12.7 Å². The predicted octanol–water partition coefficient (Wildman–Crippen LogP) is 3.97. The number of hydrogen-bond acceptors (Lipinski definition) is 7. The Hall–Kier alpha value is -3.82. The number of nitrogens with zero attached hydrogens (tertiary/aromatic N) is 3. The number of aliphatic hydroxyl groups excluding tert-OH is 1. The molecule has 176 valence electrons. The van der Waals surface area contributed by atoms with Crippen LogP contribution in [-0.2, 0) is 4.79 Å². The number of nitrogens with one attached hydrogen (secondary N) is 3. The van der Waals surface area contributed by atoms with Crippen molar-refractivity contribution in [2.45, 2.75) is 19.4 Å². The molecule has 1 amide bonds. The first-order valence-corrected chi connectivity index (χ1v) is 11.1. The highest BCUT2D eigenvalue weighted by Crippen LogP contribution is 2.22. The molecule has 1 unspecified atom stereocenters. The molecule has 0 saturated carbocycles. The Kier molecular flexibility index (Phi) is 7.46. The number of benzene rings is 2. The number of aliphatic hydroxyl groups is 1. The molecular weight excluding hydrogens is 435 g/mol. The molecule has 8 nitrogen and oxygen atoms in total. The summed E-state index contributed by atoms with van der Waals surface area (Å²) in [5.41, 5.74) is 3.00. The quantitative estimate of drug-likeness (QED) is 0.376. The third-order valence-corrected chi connectivity index (χ3v) is 5.29. The van der Waals surface area contributed by atoms with Gasteiger partial charge in [-0.05, 0) is 49.2 Å². The summed E-state index contributed by atoms with van der Waals surface area (Å²) in [6.07, 6.45) is 4.85. The first kappa shape index (κ1) is 23.3. The molecule has 1 fully saturated rings. The van der Waals surface area contributed by atoms with Gasteiger partial charge in [0.2, 0.25) is 11.9 Å². The number of amides is 1. The van der Waals surface area contributed by atoms with Gasteiger partial charge in [-0.25, -0.2) is 9.37 Å². The second kappa shape index (κ2) is 10.9. The van der Waals surface area contributed by atoms with Crippen LogP contribution >= 0.6 is 0 Å². The summed E-state index contributed by atoms with van der Waals surface area (Å²) in [6, 6.07) is 14.6. The first-order chi connectivity index (χ1) is 16.4. The standard InChI is InChI=1S/C25H27FN6O2/c1-17-5-2-6-18(13-17)29-24-22(26)15-27-25(31-24)30-20-8-3-7-19(14-20)28-23(34)9-4-11-32-12-10-21(33)16-32/h2-9,13-15,21,33H,10-12,16H2,1H3,(H,28,34)(H2,27,29,30,31)/b9-4+. The highest BCUT2D eigenvalue weighted by molar-refractivity contribution is 5.99. The molecule has 0 spiro atoms. The zero-order chi connectivity index (χ0) is 23.9. The zero-order valence-corrected chi connectivity index (χ0v) is 18.8. The predicted molar refractivity (Wildman–Crippen MR) is 131 cm³/mol. The van der Waals surface area contributed by atoms with Gasteiger partial charge in [0.15, 0.2) is 11.6 Å². The number of carbonyl (C=O) groups is 1. The monoisotopic (exact) mass is 462 g/mol. The van der Waals surface area contributed by atoms with Crippen LogP contribution in [-0.4, -0.2) is 51.6 Å². The smallest absolute Gasteiger partial charge is 0.248 e. The summed E-state index contributed by atoms with van der Waals surface area (Å²) in [5, 5.41) is 18.4. The lowest BCUT2D eigenvalue weighted by Crippen LogP contribution is -2.22. The fraction of sp³-hybridized carbons (Fsp3) is 0.240. The molecule has 0 bridgehead atoms. The maximum atomic E-state index is 14.2. The lowest BCUT2D eigenvalue weighted by atomic mass is 10.2. The Labute approximate surface area is 197 Å². The van der Waals surface area contributed by atoms with E-state index in [1.165, 1.54) is 6.08 Å². The largest absolute Gasteiger partial charge is 0.392 e. The number of hydrogen-bond donors (Lipinski definition) is 4. The molecule has 2 aromatic carbocycles. The van der Waals surface area contributed by atoms with Gasteiger partial charge in [0, 0.05) is 42.8 Å². The van der Waals surface area contributed by atoms with Crippen LogP contribution in [0.25, 0.3) is 0 Å². The zero-order valence-electron chi connectivity index (χ0n) is 18.8. The average molecular weight is 463 g/mol. The van der Waals surface area contributed by atoms with E-state index in [1.54, 1.807) is 30.3 Å².